The fourth-order valence-corrected chi connectivity index (χ4v) is 2.87. The summed E-state index contributed by atoms with van der Waals surface area (Å²) in [7, 11) is 0. The first-order chi connectivity index (χ1) is 11.1. The minimum absolute atomic E-state index is 0.0989. The summed E-state index contributed by atoms with van der Waals surface area (Å²) in [6.45, 7) is 0.720. The van der Waals surface area contributed by atoms with Crippen molar-refractivity contribution in [2.24, 2.45) is 0 Å². The van der Waals surface area contributed by atoms with Crippen LogP contribution >= 0.6 is 11.6 Å². The van der Waals surface area contributed by atoms with Crippen LogP contribution in [0.2, 0.25) is 0 Å². The van der Waals surface area contributed by atoms with Gasteiger partial charge in [-0.3, -0.25) is 9.59 Å². The fourth-order valence-electron chi connectivity index (χ4n) is 2.70. The van der Waals surface area contributed by atoms with Crippen molar-refractivity contribution >= 4 is 17.5 Å². The second-order valence-electron chi connectivity index (χ2n) is 5.44. The molecule has 0 bridgehead atoms. The zero-order valence-electron chi connectivity index (χ0n) is 12.3. The van der Waals surface area contributed by atoms with Crippen LogP contribution in [0.3, 0.4) is 0 Å². The van der Waals surface area contributed by atoms with E-state index in [9.17, 15) is 14.0 Å². The van der Waals surface area contributed by atoms with E-state index in [0.717, 1.165) is 5.56 Å². The summed E-state index contributed by atoms with van der Waals surface area (Å²) < 4.78 is 13.2. The van der Waals surface area contributed by atoms with Gasteiger partial charge in [0, 0.05) is 19.4 Å². The molecule has 1 aliphatic heterocycles. The van der Waals surface area contributed by atoms with Crippen LogP contribution in [0.1, 0.15) is 22.6 Å². The smallest absolute Gasteiger partial charge is 0.256 e. The number of aromatic nitrogens is 2. The normalized spacial score (nSPS) is 13.7. The summed E-state index contributed by atoms with van der Waals surface area (Å²) in [5.74, 6) is -0.117. The average molecular weight is 336 g/mol. The van der Waals surface area contributed by atoms with Gasteiger partial charge >= 0.3 is 0 Å². The topological polar surface area (TPSA) is 66.1 Å². The molecule has 7 heteroatoms. The number of rotatable bonds is 3. The monoisotopic (exact) mass is 335 g/mol. The molecule has 2 heterocycles. The molecule has 5 nitrogen and oxygen atoms in total. The summed E-state index contributed by atoms with van der Waals surface area (Å²) in [6, 6.07) is 6.19. The Balaban J connectivity index is 1.86. The van der Waals surface area contributed by atoms with Crippen LogP contribution in [-0.4, -0.2) is 33.2 Å². The van der Waals surface area contributed by atoms with Crippen LogP contribution in [0.4, 0.5) is 4.39 Å². The van der Waals surface area contributed by atoms with Gasteiger partial charge in [0.2, 0.25) is 5.91 Å². The Morgan fingerprint density at radius 2 is 2.26 bits per heavy atom. The van der Waals surface area contributed by atoms with Crippen LogP contribution in [0.25, 0.3) is 0 Å². The first-order valence-electron chi connectivity index (χ1n) is 7.26. The summed E-state index contributed by atoms with van der Waals surface area (Å²) in [5, 5.41) is 0. The molecule has 0 fully saturated rings. The van der Waals surface area contributed by atoms with E-state index in [2.05, 4.69) is 9.97 Å². The molecule has 0 saturated carbocycles. The van der Waals surface area contributed by atoms with Gasteiger partial charge in [-0.15, -0.1) is 11.6 Å². The van der Waals surface area contributed by atoms with E-state index in [1.54, 1.807) is 17.0 Å². The molecule has 0 aliphatic carbocycles. The Bertz CT molecular complexity index is 806. The number of H-pyrrole nitrogens is 1. The molecule has 0 spiro atoms. The molecular formula is C16H15ClFN3O2. The third-order valence-corrected chi connectivity index (χ3v) is 4.07. The van der Waals surface area contributed by atoms with E-state index >= 15 is 0 Å². The quantitative estimate of drug-likeness (QED) is 0.867. The second kappa shape index (κ2) is 6.50. The largest absolute Gasteiger partial charge is 0.337 e. The molecule has 0 unspecified atom stereocenters. The van der Waals surface area contributed by atoms with Gasteiger partial charge in [-0.1, -0.05) is 12.1 Å². The van der Waals surface area contributed by atoms with Crippen molar-refractivity contribution in [2.75, 3.05) is 12.4 Å². The minimum atomic E-state index is -0.321. The fraction of sp³-hybridized carbons (Fsp3) is 0.312. The molecule has 0 atom stereocenters. The lowest BCUT2D eigenvalue weighted by Crippen LogP contribution is -2.40. The van der Waals surface area contributed by atoms with E-state index < -0.39 is 0 Å². The van der Waals surface area contributed by atoms with Gasteiger partial charge in [-0.25, -0.2) is 9.37 Å². The maximum atomic E-state index is 13.2. The molecule has 1 N–H and O–H groups in total. The number of nitrogens with one attached hydrogen (secondary N) is 1. The van der Waals surface area contributed by atoms with E-state index in [-0.39, 0.29) is 29.7 Å². The number of fused-ring (bicyclic) bond motifs is 1. The number of halogens is 2. The maximum Gasteiger partial charge on any atom is 0.256 e. The summed E-state index contributed by atoms with van der Waals surface area (Å²) in [6.07, 6.45) is 0.864. The molecule has 1 amide bonds. The molecule has 1 aromatic heterocycles. The number of aromatic amines is 1. The number of benzene rings is 1. The maximum absolute atomic E-state index is 13.2. The molecule has 120 valence electrons. The van der Waals surface area contributed by atoms with Crippen LogP contribution in [0, 0.1) is 5.82 Å². The predicted molar refractivity (Wildman–Crippen MR) is 83.9 cm³/mol. The average Bonchev–Trinajstić information content (AvgIpc) is 2.54. The van der Waals surface area contributed by atoms with E-state index in [1.807, 2.05) is 0 Å². The standard InChI is InChI=1S/C16H15ClFN3O2/c17-8-15(22)21-5-4-13-12(9-21)16(23)20-14(19-13)7-10-2-1-3-11(18)6-10/h1-3,6H,4-5,7-9H2,(H,19,20,23). The molecule has 0 saturated heterocycles. The highest BCUT2D eigenvalue weighted by Crippen LogP contribution is 2.15. The van der Waals surface area contributed by atoms with Crippen molar-refractivity contribution in [3.8, 4) is 0 Å². The van der Waals surface area contributed by atoms with Crippen LogP contribution in [-0.2, 0) is 24.2 Å². The SMILES string of the molecule is O=C(CCl)N1CCc2nc(Cc3cccc(F)c3)[nH]c(=O)c2C1. The van der Waals surface area contributed by atoms with Crippen LogP contribution in [0.15, 0.2) is 29.1 Å². The Kier molecular flexibility index (Phi) is 4.43. The third-order valence-electron chi connectivity index (χ3n) is 3.85. The first kappa shape index (κ1) is 15.7. The van der Waals surface area contributed by atoms with Gasteiger partial charge in [-0.05, 0) is 17.7 Å². The third kappa shape index (κ3) is 3.42. The summed E-state index contributed by atoms with van der Waals surface area (Å²) >= 11 is 5.56. The summed E-state index contributed by atoms with van der Waals surface area (Å²) in [4.78, 5) is 32.7. The number of carbonyl (C=O) groups is 1. The van der Waals surface area contributed by atoms with Gasteiger partial charge in [0.1, 0.15) is 17.5 Å². The van der Waals surface area contributed by atoms with Crippen molar-refractivity contribution in [3.63, 3.8) is 0 Å². The van der Waals surface area contributed by atoms with Crippen molar-refractivity contribution < 1.29 is 9.18 Å². The van der Waals surface area contributed by atoms with Crippen molar-refractivity contribution in [3.05, 3.63) is 63.1 Å². The lowest BCUT2D eigenvalue weighted by Gasteiger charge is -2.27. The van der Waals surface area contributed by atoms with Crippen molar-refractivity contribution in [1.29, 1.82) is 0 Å². The van der Waals surface area contributed by atoms with E-state index in [0.29, 0.717) is 36.5 Å². The van der Waals surface area contributed by atoms with Crippen LogP contribution in [0.5, 0.6) is 0 Å². The number of carbonyl (C=O) groups excluding carboxylic acids is 1. The number of hydrogen-bond acceptors (Lipinski definition) is 3. The van der Waals surface area contributed by atoms with Crippen molar-refractivity contribution in [2.45, 2.75) is 19.4 Å². The minimum Gasteiger partial charge on any atom is -0.337 e. The molecule has 2 aromatic rings. The Labute approximate surface area is 137 Å². The predicted octanol–water partition coefficient (Wildman–Crippen LogP) is 1.62. The highest BCUT2D eigenvalue weighted by atomic mass is 35.5. The number of alkyl halides is 1. The zero-order valence-corrected chi connectivity index (χ0v) is 13.1. The molecule has 3 rings (SSSR count). The zero-order chi connectivity index (χ0) is 16.4. The highest BCUT2D eigenvalue weighted by Gasteiger charge is 2.23. The Hall–Kier alpha value is -2.21. The van der Waals surface area contributed by atoms with Gasteiger partial charge in [0.15, 0.2) is 0 Å². The lowest BCUT2D eigenvalue weighted by atomic mass is 10.1. The van der Waals surface area contributed by atoms with Gasteiger partial charge < -0.3 is 9.88 Å². The molecule has 1 aliphatic rings. The molecule has 23 heavy (non-hydrogen) atoms. The lowest BCUT2D eigenvalue weighted by molar-refractivity contribution is -0.129. The van der Waals surface area contributed by atoms with Gasteiger partial charge in [0.05, 0.1) is 17.8 Å². The van der Waals surface area contributed by atoms with Gasteiger partial charge in [-0.2, -0.15) is 0 Å². The second-order valence-corrected chi connectivity index (χ2v) is 5.71. The molecule has 1 aromatic carbocycles. The van der Waals surface area contributed by atoms with Gasteiger partial charge in [0.25, 0.3) is 5.56 Å². The highest BCUT2D eigenvalue weighted by molar-refractivity contribution is 6.27. The number of hydrogen-bond donors (Lipinski definition) is 1. The van der Waals surface area contributed by atoms with Crippen molar-refractivity contribution in [1.82, 2.24) is 14.9 Å². The van der Waals surface area contributed by atoms with E-state index in [1.165, 1.54) is 12.1 Å². The molecule has 0 radical (unpaired) electrons. The van der Waals surface area contributed by atoms with E-state index in [4.69, 9.17) is 11.6 Å². The molecular weight excluding hydrogens is 321 g/mol. The number of amides is 1. The summed E-state index contributed by atoms with van der Waals surface area (Å²) in [5.41, 5.74) is 1.67. The first-order valence-corrected chi connectivity index (χ1v) is 7.79. The Morgan fingerprint density at radius 3 is 3.00 bits per heavy atom. The Morgan fingerprint density at radius 1 is 1.43 bits per heavy atom. The van der Waals surface area contributed by atoms with Crippen LogP contribution < -0.4 is 5.56 Å². The number of nitrogens with zero attached hydrogens (tertiary/aromatic N) is 2.